The van der Waals surface area contributed by atoms with E-state index in [1.165, 1.54) is 23.8 Å². The first-order valence-electron chi connectivity index (χ1n) is 11.9. The topological polar surface area (TPSA) is 74.3 Å². The minimum atomic E-state index is -2.22. The van der Waals surface area contributed by atoms with Crippen LogP contribution >= 0.6 is 24.0 Å². The molecule has 2 rings (SSSR count). The molecule has 1 aromatic carbocycles. The molecule has 0 saturated carbocycles. The van der Waals surface area contributed by atoms with Crippen LogP contribution in [0.1, 0.15) is 32.8 Å². The highest BCUT2D eigenvalue weighted by Gasteiger charge is 2.61. The van der Waals surface area contributed by atoms with Crippen molar-refractivity contribution < 1.29 is 28.2 Å². The summed E-state index contributed by atoms with van der Waals surface area (Å²) in [6.07, 6.45) is 2.65. The highest BCUT2D eigenvalue weighted by Crippen LogP contribution is 2.46. The fraction of sp³-hybridized carbons (Fsp3) is 0.577. The Balaban J connectivity index is 2.49. The number of thiocarbonyl (C=S) groups is 1. The van der Waals surface area contributed by atoms with Crippen LogP contribution in [0, 0.1) is 5.41 Å². The molecule has 36 heavy (non-hydrogen) atoms. The standard InChI is InChI=1S/C26H39NO6S2Si/c1-9-15-26(18-32-36(7,8)25(2,3)4)20(33-24(34)35-6)16-27(21(26)22(28)30-5)23(29)31-17-19-13-11-10-12-14-19/h9-14,20-21H,1,15-18H2,2-8H3/t20-,21+,26-/m0/s1. The van der Waals surface area contributed by atoms with Gasteiger partial charge >= 0.3 is 12.1 Å². The van der Waals surface area contributed by atoms with E-state index >= 15 is 0 Å². The Labute approximate surface area is 226 Å². The molecule has 0 N–H and O–H groups in total. The number of hydrogen-bond donors (Lipinski definition) is 0. The van der Waals surface area contributed by atoms with Gasteiger partial charge in [0.1, 0.15) is 18.8 Å². The van der Waals surface area contributed by atoms with Gasteiger partial charge in [-0.1, -0.05) is 68.9 Å². The van der Waals surface area contributed by atoms with Gasteiger partial charge in [-0.2, -0.15) is 0 Å². The second kappa shape index (κ2) is 12.6. The fourth-order valence-electron chi connectivity index (χ4n) is 4.00. The number of likely N-dealkylation sites (tertiary alicyclic amines) is 1. The molecule has 200 valence electrons. The second-order valence-electron chi connectivity index (χ2n) is 10.5. The van der Waals surface area contributed by atoms with Crippen molar-refractivity contribution in [3.63, 3.8) is 0 Å². The molecule has 0 radical (unpaired) electrons. The summed E-state index contributed by atoms with van der Waals surface area (Å²) in [7, 11) is -0.915. The van der Waals surface area contributed by atoms with Gasteiger partial charge in [-0.15, -0.1) is 6.58 Å². The Hall–Kier alpha value is -1.88. The van der Waals surface area contributed by atoms with Gasteiger partial charge in [0.15, 0.2) is 8.32 Å². The maximum atomic E-state index is 13.3. The van der Waals surface area contributed by atoms with Gasteiger partial charge in [0.05, 0.1) is 19.1 Å². The highest BCUT2D eigenvalue weighted by atomic mass is 32.2. The number of hydrogen-bond acceptors (Lipinski definition) is 8. The van der Waals surface area contributed by atoms with Crippen LogP contribution in [0.25, 0.3) is 0 Å². The molecule has 0 aromatic heterocycles. The fourth-order valence-corrected chi connectivity index (χ4v) is 5.39. The van der Waals surface area contributed by atoms with Crippen molar-refractivity contribution in [3.8, 4) is 0 Å². The lowest BCUT2D eigenvalue weighted by molar-refractivity contribution is -0.151. The van der Waals surface area contributed by atoms with Gasteiger partial charge in [-0.3, -0.25) is 4.90 Å². The lowest BCUT2D eigenvalue weighted by atomic mass is 9.76. The normalized spacial score (nSPS) is 22.1. The molecule has 0 aliphatic carbocycles. The van der Waals surface area contributed by atoms with E-state index in [0.29, 0.717) is 10.8 Å². The van der Waals surface area contributed by atoms with Crippen molar-refractivity contribution in [2.24, 2.45) is 5.41 Å². The largest absolute Gasteiger partial charge is 0.473 e. The molecular weight excluding hydrogens is 515 g/mol. The van der Waals surface area contributed by atoms with E-state index in [1.54, 1.807) is 6.08 Å². The van der Waals surface area contributed by atoms with Crippen LogP contribution in [-0.2, 0) is 30.0 Å². The molecule has 10 heteroatoms. The van der Waals surface area contributed by atoms with E-state index in [-0.39, 0.29) is 24.8 Å². The molecule has 1 fully saturated rings. The Kier molecular flexibility index (Phi) is 10.6. The van der Waals surface area contributed by atoms with Crippen LogP contribution in [0.2, 0.25) is 18.1 Å². The molecule has 7 nitrogen and oxygen atoms in total. The van der Waals surface area contributed by atoms with Crippen molar-refractivity contribution in [2.45, 2.75) is 64.1 Å². The first-order chi connectivity index (χ1) is 16.8. The molecule has 1 amide bonds. The van der Waals surface area contributed by atoms with Crippen LogP contribution < -0.4 is 0 Å². The molecule has 1 heterocycles. The maximum Gasteiger partial charge on any atom is 0.411 e. The number of thioether (sulfide) groups is 1. The molecule has 0 unspecified atom stereocenters. The van der Waals surface area contributed by atoms with Crippen LogP contribution in [0.5, 0.6) is 0 Å². The number of methoxy groups -OCH3 is 1. The lowest BCUT2D eigenvalue weighted by Crippen LogP contribution is -2.55. The number of amides is 1. The van der Waals surface area contributed by atoms with Crippen molar-refractivity contribution >= 4 is 48.7 Å². The van der Waals surface area contributed by atoms with Crippen molar-refractivity contribution in [1.82, 2.24) is 4.90 Å². The van der Waals surface area contributed by atoms with E-state index in [9.17, 15) is 9.59 Å². The minimum Gasteiger partial charge on any atom is -0.473 e. The number of carbonyl (C=O) groups is 2. The van der Waals surface area contributed by atoms with E-state index in [4.69, 9.17) is 30.9 Å². The van der Waals surface area contributed by atoms with Gasteiger partial charge in [0.25, 0.3) is 0 Å². The quantitative estimate of drug-likeness (QED) is 0.164. The molecular formula is C26H39NO6S2Si. The Bertz CT molecular complexity index is 936. The third-order valence-corrected chi connectivity index (χ3v) is 12.7. The lowest BCUT2D eigenvalue weighted by Gasteiger charge is -2.43. The first kappa shape index (κ1) is 30.3. The van der Waals surface area contributed by atoms with Gasteiger partial charge in [-0.25, -0.2) is 9.59 Å². The van der Waals surface area contributed by atoms with E-state index in [0.717, 1.165) is 5.56 Å². The van der Waals surface area contributed by atoms with Gasteiger partial charge in [0.2, 0.25) is 4.38 Å². The van der Waals surface area contributed by atoms with E-state index < -0.39 is 37.9 Å². The molecule has 1 aliphatic rings. The summed E-state index contributed by atoms with van der Waals surface area (Å²) in [5.41, 5.74) is -0.120. The predicted octanol–water partition coefficient (Wildman–Crippen LogP) is 5.80. The SMILES string of the molecule is C=CC[C@]1(CO[Si](C)(C)C(C)(C)C)[C@@H](OC(=S)SC)CN(C(=O)OCc2ccccc2)[C@@H]1C(=O)OC. The van der Waals surface area contributed by atoms with Crippen LogP contribution in [0.4, 0.5) is 4.79 Å². The summed E-state index contributed by atoms with van der Waals surface area (Å²) in [6, 6.07) is 8.37. The number of esters is 1. The molecule has 1 aliphatic heterocycles. The summed E-state index contributed by atoms with van der Waals surface area (Å²) in [6.45, 7) is 15.0. The Morgan fingerprint density at radius 2 is 1.92 bits per heavy atom. The van der Waals surface area contributed by atoms with E-state index in [2.05, 4.69) is 40.4 Å². The summed E-state index contributed by atoms with van der Waals surface area (Å²) >= 11 is 6.67. The predicted molar refractivity (Wildman–Crippen MR) is 151 cm³/mol. The van der Waals surface area contributed by atoms with Crippen LogP contribution in [0.3, 0.4) is 0 Å². The van der Waals surface area contributed by atoms with Gasteiger partial charge in [-0.05, 0) is 48.6 Å². The number of rotatable bonds is 9. The zero-order valence-corrected chi connectivity index (χ0v) is 25.0. The zero-order chi connectivity index (χ0) is 27.1. The zero-order valence-electron chi connectivity index (χ0n) is 22.4. The molecule has 0 spiro atoms. The van der Waals surface area contributed by atoms with Gasteiger partial charge < -0.3 is 18.6 Å². The Morgan fingerprint density at radius 1 is 1.28 bits per heavy atom. The monoisotopic (exact) mass is 553 g/mol. The second-order valence-corrected chi connectivity index (χ2v) is 16.7. The summed E-state index contributed by atoms with van der Waals surface area (Å²) < 4.78 is 23.9. The smallest absolute Gasteiger partial charge is 0.411 e. The molecule has 3 atom stereocenters. The molecule has 1 aromatic rings. The first-order valence-corrected chi connectivity index (χ1v) is 16.4. The highest BCUT2D eigenvalue weighted by molar-refractivity contribution is 8.22. The number of nitrogens with zero attached hydrogens (tertiary/aromatic N) is 1. The number of carbonyl (C=O) groups excluding carboxylic acids is 2. The van der Waals surface area contributed by atoms with Gasteiger partial charge in [0, 0.05) is 6.61 Å². The Morgan fingerprint density at radius 3 is 2.44 bits per heavy atom. The minimum absolute atomic E-state index is 0.0546. The maximum absolute atomic E-state index is 13.3. The molecule has 1 saturated heterocycles. The summed E-state index contributed by atoms with van der Waals surface area (Å²) in [4.78, 5) is 28.0. The third kappa shape index (κ3) is 6.90. The number of benzene rings is 1. The van der Waals surface area contributed by atoms with Crippen molar-refractivity contribution in [3.05, 3.63) is 48.6 Å². The number of allylic oxidation sites excluding steroid dienone is 1. The average molecular weight is 554 g/mol. The van der Waals surface area contributed by atoms with E-state index in [1.807, 2.05) is 36.6 Å². The van der Waals surface area contributed by atoms with Crippen LogP contribution in [0.15, 0.2) is 43.0 Å². The van der Waals surface area contributed by atoms with Crippen LogP contribution in [-0.4, -0.2) is 68.3 Å². The number of ether oxygens (including phenoxy) is 3. The summed E-state index contributed by atoms with van der Waals surface area (Å²) in [5, 5.41) is -0.0546. The summed E-state index contributed by atoms with van der Waals surface area (Å²) in [5.74, 6) is -0.562. The average Bonchev–Trinajstić information content (AvgIpc) is 3.14. The third-order valence-electron chi connectivity index (χ3n) is 7.16. The molecule has 0 bridgehead atoms. The van der Waals surface area contributed by atoms with Crippen molar-refractivity contribution in [1.29, 1.82) is 0 Å². The van der Waals surface area contributed by atoms with Crippen molar-refractivity contribution in [2.75, 3.05) is 26.5 Å².